The summed E-state index contributed by atoms with van der Waals surface area (Å²) >= 11 is 0. The van der Waals surface area contributed by atoms with E-state index in [2.05, 4.69) is 16.0 Å². The first-order valence-corrected chi connectivity index (χ1v) is 8.23. The molecule has 1 heterocycles. The number of rotatable bonds is 6. The third kappa shape index (κ3) is 4.14. The molecule has 5 amide bonds. The van der Waals surface area contributed by atoms with E-state index in [9.17, 15) is 19.2 Å². The molecular formula is C17H20N4O4. The zero-order valence-electron chi connectivity index (χ0n) is 13.9. The molecule has 0 aromatic heterocycles. The third-order valence-corrected chi connectivity index (χ3v) is 4.38. The largest absolute Gasteiger partial charge is 0.329 e. The van der Waals surface area contributed by atoms with Gasteiger partial charge in [-0.25, -0.2) is 4.79 Å². The smallest absolute Gasteiger partial charge is 0.324 e. The Morgan fingerprint density at radius 2 is 1.76 bits per heavy atom. The number of anilines is 2. The highest BCUT2D eigenvalue weighted by molar-refractivity contribution is 6.02. The first-order valence-electron chi connectivity index (χ1n) is 8.23. The quantitative estimate of drug-likeness (QED) is 0.673. The first kappa shape index (κ1) is 16.9. The molecule has 1 saturated carbocycles. The van der Waals surface area contributed by atoms with Crippen LogP contribution in [0.4, 0.5) is 16.2 Å². The van der Waals surface area contributed by atoms with Gasteiger partial charge in [-0.15, -0.1) is 0 Å². The van der Waals surface area contributed by atoms with Crippen LogP contribution in [-0.4, -0.2) is 41.7 Å². The summed E-state index contributed by atoms with van der Waals surface area (Å²) in [5, 5.41) is 7.94. The van der Waals surface area contributed by atoms with Crippen LogP contribution in [-0.2, 0) is 14.4 Å². The molecule has 1 saturated heterocycles. The fourth-order valence-electron chi connectivity index (χ4n) is 2.68. The molecule has 25 heavy (non-hydrogen) atoms. The summed E-state index contributed by atoms with van der Waals surface area (Å²) in [7, 11) is 0. The summed E-state index contributed by atoms with van der Waals surface area (Å²) in [4.78, 5) is 47.6. The van der Waals surface area contributed by atoms with Crippen molar-refractivity contribution in [1.82, 2.24) is 10.2 Å². The predicted octanol–water partition coefficient (Wildman–Crippen LogP) is 1.16. The molecular weight excluding hydrogens is 324 g/mol. The van der Waals surface area contributed by atoms with Crippen molar-refractivity contribution in [3.8, 4) is 0 Å². The van der Waals surface area contributed by atoms with E-state index in [1.54, 1.807) is 24.3 Å². The highest BCUT2D eigenvalue weighted by Gasteiger charge is 2.39. The van der Waals surface area contributed by atoms with Gasteiger partial charge in [0.2, 0.25) is 17.7 Å². The monoisotopic (exact) mass is 344 g/mol. The van der Waals surface area contributed by atoms with Crippen LogP contribution < -0.4 is 16.0 Å². The maximum atomic E-state index is 11.9. The van der Waals surface area contributed by atoms with Crippen molar-refractivity contribution in [3.05, 3.63) is 24.3 Å². The highest BCUT2D eigenvalue weighted by Crippen LogP contribution is 2.38. The van der Waals surface area contributed by atoms with Crippen LogP contribution in [0.2, 0.25) is 0 Å². The Morgan fingerprint density at radius 1 is 1.16 bits per heavy atom. The number of amides is 5. The number of hydrogen-bond donors (Lipinski definition) is 3. The lowest BCUT2D eigenvalue weighted by Gasteiger charge is -2.12. The molecule has 0 bridgehead atoms. The van der Waals surface area contributed by atoms with Crippen molar-refractivity contribution in [2.45, 2.75) is 19.8 Å². The molecule has 0 radical (unpaired) electrons. The average molecular weight is 344 g/mol. The van der Waals surface area contributed by atoms with Gasteiger partial charge in [-0.3, -0.25) is 19.3 Å². The van der Waals surface area contributed by atoms with Gasteiger partial charge in [0.15, 0.2) is 0 Å². The van der Waals surface area contributed by atoms with E-state index in [0.717, 1.165) is 11.3 Å². The molecule has 1 aromatic carbocycles. The average Bonchev–Trinajstić information content (AvgIpc) is 3.23. The van der Waals surface area contributed by atoms with Gasteiger partial charge < -0.3 is 16.0 Å². The summed E-state index contributed by atoms with van der Waals surface area (Å²) in [6.07, 6.45) is 0.953. The van der Waals surface area contributed by atoms with E-state index in [-0.39, 0.29) is 43.1 Å². The fourth-order valence-corrected chi connectivity index (χ4v) is 2.68. The Kier molecular flexibility index (Phi) is 4.69. The Balaban J connectivity index is 1.46. The first-order chi connectivity index (χ1) is 11.9. The van der Waals surface area contributed by atoms with E-state index < -0.39 is 6.03 Å². The molecule has 1 aliphatic carbocycles. The number of imide groups is 1. The fraction of sp³-hybridized carbons (Fsp3) is 0.412. The minimum atomic E-state index is -0.470. The van der Waals surface area contributed by atoms with Gasteiger partial charge in [-0.2, -0.15) is 0 Å². The molecule has 8 nitrogen and oxygen atoms in total. The summed E-state index contributed by atoms with van der Waals surface area (Å²) in [6.45, 7) is 2.07. The number of nitrogens with zero attached hydrogens (tertiary/aromatic N) is 1. The second-order valence-electron chi connectivity index (χ2n) is 6.39. The van der Waals surface area contributed by atoms with Crippen molar-refractivity contribution in [3.63, 3.8) is 0 Å². The van der Waals surface area contributed by atoms with Gasteiger partial charge in [0.1, 0.15) is 0 Å². The molecule has 2 atom stereocenters. The van der Waals surface area contributed by atoms with Crippen molar-refractivity contribution in [2.75, 3.05) is 23.7 Å². The van der Waals surface area contributed by atoms with Crippen LogP contribution in [0.25, 0.3) is 0 Å². The summed E-state index contributed by atoms with van der Waals surface area (Å²) < 4.78 is 0. The molecule has 132 valence electrons. The second-order valence-corrected chi connectivity index (χ2v) is 6.39. The predicted molar refractivity (Wildman–Crippen MR) is 90.7 cm³/mol. The van der Waals surface area contributed by atoms with Gasteiger partial charge in [0.05, 0.1) is 6.54 Å². The van der Waals surface area contributed by atoms with E-state index in [1.165, 1.54) is 0 Å². The van der Waals surface area contributed by atoms with E-state index in [1.807, 2.05) is 6.92 Å². The maximum Gasteiger partial charge on any atom is 0.324 e. The molecule has 3 rings (SSSR count). The van der Waals surface area contributed by atoms with Crippen molar-refractivity contribution in [1.29, 1.82) is 0 Å². The topological polar surface area (TPSA) is 108 Å². The van der Waals surface area contributed by atoms with E-state index in [4.69, 9.17) is 0 Å². The number of carbonyl (C=O) groups is 4. The minimum Gasteiger partial charge on any atom is -0.329 e. The Hall–Kier alpha value is -2.90. The van der Waals surface area contributed by atoms with Crippen molar-refractivity contribution < 1.29 is 19.2 Å². The number of benzene rings is 1. The van der Waals surface area contributed by atoms with Crippen LogP contribution in [0, 0.1) is 11.8 Å². The van der Waals surface area contributed by atoms with Crippen molar-refractivity contribution in [2.24, 2.45) is 11.8 Å². The second kappa shape index (κ2) is 6.92. The van der Waals surface area contributed by atoms with Crippen LogP contribution in [0.5, 0.6) is 0 Å². The molecule has 1 aliphatic heterocycles. The number of carbonyl (C=O) groups excluding carboxylic acids is 4. The van der Waals surface area contributed by atoms with Crippen LogP contribution >= 0.6 is 0 Å². The Morgan fingerprint density at radius 3 is 2.28 bits per heavy atom. The van der Waals surface area contributed by atoms with Gasteiger partial charge in [0.25, 0.3) is 0 Å². The molecule has 8 heteroatoms. The van der Waals surface area contributed by atoms with Gasteiger partial charge >= 0.3 is 6.03 Å². The number of hydrogen-bond acceptors (Lipinski definition) is 4. The maximum absolute atomic E-state index is 11.9. The summed E-state index contributed by atoms with van der Waals surface area (Å²) in [6, 6.07) is 6.35. The lowest BCUT2D eigenvalue weighted by Crippen LogP contribution is -2.33. The SMILES string of the molecule is C[C@@H]1C[C@@H]1C(=O)Nc1ccc(NC(=O)CCN2C(=O)CNC2=O)cc1. The summed E-state index contributed by atoms with van der Waals surface area (Å²) in [5.74, 6) is -0.0511. The Bertz CT molecular complexity index is 700. The van der Waals surface area contributed by atoms with E-state index >= 15 is 0 Å². The zero-order valence-corrected chi connectivity index (χ0v) is 13.9. The molecule has 2 fully saturated rings. The third-order valence-electron chi connectivity index (χ3n) is 4.38. The Labute approximate surface area is 144 Å². The van der Waals surface area contributed by atoms with Gasteiger partial charge in [-0.05, 0) is 36.6 Å². The molecule has 3 N–H and O–H groups in total. The van der Waals surface area contributed by atoms with Gasteiger partial charge in [0, 0.05) is 30.3 Å². The van der Waals surface area contributed by atoms with Crippen molar-refractivity contribution >= 4 is 35.1 Å². The minimum absolute atomic E-state index is 0.0206. The number of nitrogens with one attached hydrogen (secondary N) is 3. The highest BCUT2D eigenvalue weighted by atomic mass is 16.2. The summed E-state index contributed by atoms with van der Waals surface area (Å²) in [5.41, 5.74) is 1.27. The van der Waals surface area contributed by atoms with Gasteiger partial charge in [-0.1, -0.05) is 6.92 Å². The van der Waals surface area contributed by atoms with Crippen LogP contribution in [0.1, 0.15) is 19.8 Å². The van der Waals surface area contributed by atoms with Crippen LogP contribution in [0.15, 0.2) is 24.3 Å². The molecule has 0 spiro atoms. The van der Waals surface area contributed by atoms with Crippen LogP contribution in [0.3, 0.4) is 0 Å². The lowest BCUT2D eigenvalue weighted by atomic mass is 10.2. The normalized spacial score (nSPS) is 21.7. The molecule has 1 aromatic rings. The number of urea groups is 1. The van der Waals surface area contributed by atoms with E-state index in [0.29, 0.717) is 17.3 Å². The molecule has 2 aliphatic rings. The molecule has 0 unspecified atom stereocenters. The standard InChI is InChI=1S/C17H20N4O4/c1-10-8-13(10)16(24)20-12-4-2-11(3-5-12)19-14(22)6-7-21-15(23)9-18-17(21)25/h2-5,10,13H,6-9H2,1H3,(H,18,25)(H,19,22)(H,20,24)/t10-,13+/m1/s1. The zero-order chi connectivity index (χ0) is 18.0. The lowest BCUT2D eigenvalue weighted by molar-refractivity contribution is -0.125.